The molecule has 0 aliphatic carbocycles. The number of aliphatic imine (C=N–C) groups is 1. The lowest BCUT2D eigenvalue weighted by Gasteiger charge is -2.05. The third-order valence-corrected chi connectivity index (χ3v) is 1.40. The van der Waals surface area contributed by atoms with E-state index in [-0.39, 0.29) is 0 Å². The zero-order valence-corrected chi connectivity index (χ0v) is 6.39. The number of nitrogens with one attached hydrogen (secondary N) is 1. The van der Waals surface area contributed by atoms with Crippen LogP contribution in [0.25, 0.3) is 0 Å². The molecule has 0 fully saturated rings. The molecule has 0 radical (unpaired) electrons. The first-order valence-corrected chi connectivity index (χ1v) is 3.84. The molecule has 0 saturated heterocycles. The molecule has 0 bridgehead atoms. The van der Waals surface area contributed by atoms with E-state index < -0.39 is 0 Å². The molecule has 0 aromatic heterocycles. The van der Waals surface area contributed by atoms with Crippen molar-refractivity contribution < 1.29 is 4.74 Å². The zero-order chi connectivity index (χ0) is 7.23. The fourth-order valence-electron chi connectivity index (χ4n) is 0.902. The minimum absolute atomic E-state index is 0.700. The molecule has 1 rings (SSSR count). The first-order chi connectivity index (χ1) is 4.93. The standard InChI is InChI=1S/C7H14N2O/c1-2-10-7-8-5-3-4-6-9-7/h2-6H2,1H3,(H,8,9). The van der Waals surface area contributed by atoms with E-state index in [2.05, 4.69) is 10.3 Å². The van der Waals surface area contributed by atoms with Crippen LogP contribution in [0.1, 0.15) is 19.8 Å². The number of amidine groups is 1. The van der Waals surface area contributed by atoms with E-state index in [1.807, 2.05) is 6.92 Å². The molecular formula is C7H14N2O. The van der Waals surface area contributed by atoms with Gasteiger partial charge < -0.3 is 10.1 Å². The van der Waals surface area contributed by atoms with E-state index in [0.717, 1.165) is 19.1 Å². The second kappa shape index (κ2) is 4.14. The van der Waals surface area contributed by atoms with Crippen LogP contribution in [0, 0.1) is 0 Å². The highest BCUT2D eigenvalue weighted by atomic mass is 16.5. The van der Waals surface area contributed by atoms with Gasteiger partial charge in [-0.1, -0.05) is 0 Å². The maximum absolute atomic E-state index is 5.20. The Balaban J connectivity index is 2.31. The van der Waals surface area contributed by atoms with Crippen molar-refractivity contribution in [3.05, 3.63) is 0 Å². The summed E-state index contributed by atoms with van der Waals surface area (Å²) in [6.45, 7) is 4.57. The van der Waals surface area contributed by atoms with Gasteiger partial charge in [0.2, 0.25) is 0 Å². The summed E-state index contributed by atoms with van der Waals surface area (Å²) in [6.07, 6.45) is 2.36. The second-order valence-corrected chi connectivity index (χ2v) is 2.25. The topological polar surface area (TPSA) is 33.6 Å². The monoisotopic (exact) mass is 142 g/mol. The lowest BCUT2D eigenvalue weighted by atomic mass is 10.3. The van der Waals surface area contributed by atoms with Crippen LogP contribution in [0.2, 0.25) is 0 Å². The van der Waals surface area contributed by atoms with Crippen molar-refractivity contribution in [3.63, 3.8) is 0 Å². The Kier molecular flexibility index (Phi) is 3.06. The van der Waals surface area contributed by atoms with E-state index in [9.17, 15) is 0 Å². The van der Waals surface area contributed by atoms with Crippen LogP contribution in [-0.4, -0.2) is 25.7 Å². The van der Waals surface area contributed by atoms with Gasteiger partial charge in [-0.3, -0.25) is 0 Å². The predicted octanol–water partition coefficient (Wildman–Crippen LogP) is 0.762. The first-order valence-electron chi connectivity index (χ1n) is 3.84. The molecule has 0 aromatic rings. The summed E-state index contributed by atoms with van der Waals surface area (Å²) in [4.78, 5) is 4.20. The molecule has 0 aromatic carbocycles. The molecule has 3 nitrogen and oxygen atoms in total. The van der Waals surface area contributed by atoms with Crippen LogP contribution in [0.15, 0.2) is 4.99 Å². The molecular weight excluding hydrogens is 128 g/mol. The Bertz CT molecular complexity index is 123. The highest BCUT2D eigenvalue weighted by Gasteiger charge is 2.01. The van der Waals surface area contributed by atoms with Gasteiger partial charge >= 0.3 is 0 Å². The molecule has 0 amide bonds. The molecule has 10 heavy (non-hydrogen) atoms. The van der Waals surface area contributed by atoms with Crippen molar-refractivity contribution in [2.24, 2.45) is 4.99 Å². The van der Waals surface area contributed by atoms with E-state index in [1.54, 1.807) is 0 Å². The molecule has 0 spiro atoms. The third-order valence-electron chi connectivity index (χ3n) is 1.40. The Morgan fingerprint density at radius 2 is 2.50 bits per heavy atom. The number of ether oxygens (including phenoxy) is 1. The van der Waals surface area contributed by atoms with Crippen molar-refractivity contribution in [2.45, 2.75) is 19.8 Å². The van der Waals surface area contributed by atoms with Gasteiger partial charge in [0.05, 0.1) is 6.61 Å². The van der Waals surface area contributed by atoms with Crippen molar-refractivity contribution in [1.82, 2.24) is 5.32 Å². The van der Waals surface area contributed by atoms with Crippen LogP contribution >= 0.6 is 0 Å². The van der Waals surface area contributed by atoms with Gasteiger partial charge in [0.15, 0.2) is 0 Å². The second-order valence-electron chi connectivity index (χ2n) is 2.25. The van der Waals surface area contributed by atoms with Gasteiger partial charge in [-0.05, 0) is 19.8 Å². The van der Waals surface area contributed by atoms with Gasteiger partial charge in [-0.25, -0.2) is 4.99 Å². The van der Waals surface area contributed by atoms with E-state index in [4.69, 9.17) is 4.74 Å². The molecule has 0 unspecified atom stereocenters. The van der Waals surface area contributed by atoms with Crippen molar-refractivity contribution in [1.29, 1.82) is 0 Å². The third kappa shape index (κ3) is 2.25. The van der Waals surface area contributed by atoms with Crippen LogP contribution in [0.3, 0.4) is 0 Å². The largest absolute Gasteiger partial charge is 0.466 e. The summed E-state index contributed by atoms with van der Waals surface area (Å²) < 4.78 is 5.20. The Morgan fingerprint density at radius 3 is 3.30 bits per heavy atom. The van der Waals surface area contributed by atoms with Gasteiger partial charge in [-0.15, -0.1) is 0 Å². The molecule has 3 heteroatoms. The smallest absolute Gasteiger partial charge is 0.284 e. The van der Waals surface area contributed by atoms with Gasteiger partial charge in [-0.2, -0.15) is 0 Å². The average Bonchev–Trinajstić information content (AvgIpc) is 2.17. The number of nitrogens with zero attached hydrogens (tertiary/aromatic N) is 1. The molecule has 58 valence electrons. The Labute approximate surface area is 61.5 Å². The van der Waals surface area contributed by atoms with Crippen molar-refractivity contribution >= 4 is 6.02 Å². The highest BCUT2D eigenvalue weighted by Crippen LogP contribution is 1.94. The van der Waals surface area contributed by atoms with E-state index in [0.29, 0.717) is 6.61 Å². The fourth-order valence-corrected chi connectivity index (χ4v) is 0.902. The molecule has 1 N–H and O–H groups in total. The normalized spacial score (nSPS) is 18.7. The summed E-state index contributed by atoms with van der Waals surface area (Å²) in [7, 11) is 0. The van der Waals surface area contributed by atoms with Gasteiger partial charge in [0.1, 0.15) is 0 Å². The predicted molar refractivity (Wildman–Crippen MR) is 41.2 cm³/mol. The molecule has 1 aliphatic heterocycles. The van der Waals surface area contributed by atoms with Gasteiger partial charge in [0.25, 0.3) is 6.02 Å². The molecule has 1 heterocycles. The Morgan fingerprint density at radius 1 is 1.60 bits per heavy atom. The maximum atomic E-state index is 5.20. The number of hydrogen-bond acceptors (Lipinski definition) is 3. The van der Waals surface area contributed by atoms with Crippen LogP contribution in [0.4, 0.5) is 0 Å². The van der Waals surface area contributed by atoms with Gasteiger partial charge in [0, 0.05) is 13.1 Å². The zero-order valence-electron chi connectivity index (χ0n) is 6.39. The lowest BCUT2D eigenvalue weighted by Crippen LogP contribution is -2.25. The van der Waals surface area contributed by atoms with Crippen LogP contribution in [0.5, 0.6) is 0 Å². The Hall–Kier alpha value is -0.730. The maximum Gasteiger partial charge on any atom is 0.284 e. The molecule has 1 aliphatic rings. The molecule has 0 atom stereocenters. The quantitative estimate of drug-likeness (QED) is 0.586. The summed E-state index contributed by atoms with van der Waals surface area (Å²) >= 11 is 0. The minimum Gasteiger partial charge on any atom is -0.466 e. The van der Waals surface area contributed by atoms with Crippen molar-refractivity contribution in [2.75, 3.05) is 19.7 Å². The average molecular weight is 142 g/mol. The highest BCUT2D eigenvalue weighted by molar-refractivity contribution is 5.73. The van der Waals surface area contributed by atoms with E-state index >= 15 is 0 Å². The van der Waals surface area contributed by atoms with Crippen molar-refractivity contribution in [3.8, 4) is 0 Å². The summed E-state index contributed by atoms with van der Waals surface area (Å²) in [5.41, 5.74) is 0. The number of rotatable bonds is 1. The summed E-state index contributed by atoms with van der Waals surface area (Å²) in [5.74, 6) is 0. The number of hydrogen-bond donors (Lipinski definition) is 1. The lowest BCUT2D eigenvalue weighted by molar-refractivity contribution is 0.310. The summed E-state index contributed by atoms with van der Waals surface area (Å²) in [6, 6.07) is 0.722. The molecule has 0 saturated carbocycles. The SMILES string of the molecule is CCOC1=NCCCCN1. The first kappa shape index (κ1) is 7.38. The van der Waals surface area contributed by atoms with E-state index in [1.165, 1.54) is 12.8 Å². The fraction of sp³-hybridized carbons (Fsp3) is 0.857. The van der Waals surface area contributed by atoms with Crippen LogP contribution in [-0.2, 0) is 4.74 Å². The summed E-state index contributed by atoms with van der Waals surface area (Å²) in [5, 5.41) is 3.11. The van der Waals surface area contributed by atoms with Crippen LogP contribution < -0.4 is 5.32 Å². The minimum atomic E-state index is 0.700.